The Kier molecular flexibility index (Phi) is 4.71. The van der Waals surface area contributed by atoms with Gasteiger partial charge >= 0.3 is 0 Å². The number of aryl methyl sites for hydroxylation is 1. The van der Waals surface area contributed by atoms with Gasteiger partial charge in [0.05, 0.1) is 23.2 Å². The molecule has 0 saturated carbocycles. The quantitative estimate of drug-likeness (QED) is 0.924. The maximum absolute atomic E-state index is 11.9. The van der Waals surface area contributed by atoms with E-state index in [2.05, 4.69) is 26.2 Å². The number of rotatable bonds is 4. The molecule has 0 aliphatic carbocycles. The average molecular weight is 339 g/mol. The van der Waals surface area contributed by atoms with Crippen molar-refractivity contribution >= 4 is 33.2 Å². The van der Waals surface area contributed by atoms with Crippen LogP contribution in [0.2, 0.25) is 0 Å². The third kappa shape index (κ3) is 4.14. The van der Waals surface area contributed by atoms with Crippen LogP contribution < -0.4 is 5.32 Å². The number of carbonyl (C=O) groups is 1. The standard InChI is InChI=1S/C14H15BrN2OS/c1-9(11-4-3-5-12(15)6-11)16-14(18)7-13-8-19-10(2)17-13/h3-6,8-9H,7H2,1-2H3,(H,16,18). The van der Waals surface area contributed by atoms with Crippen LogP contribution in [-0.2, 0) is 11.2 Å². The predicted molar refractivity (Wildman–Crippen MR) is 81.3 cm³/mol. The molecule has 2 aromatic rings. The summed E-state index contributed by atoms with van der Waals surface area (Å²) in [5.74, 6) is -0.00206. The smallest absolute Gasteiger partial charge is 0.226 e. The molecule has 19 heavy (non-hydrogen) atoms. The molecule has 1 atom stereocenters. The first-order chi connectivity index (χ1) is 9.04. The molecule has 0 radical (unpaired) electrons. The molecular weight excluding hydrogens is 324 g/mol. The number of nitrogens with zero attached hydrogens (tertiary/aromatic N) is 1. The molecule has 1 N–H and O–H groups in total. The van der Waals surface area contributed by atoms with E-state index in [0.29, 0.717) is 6.42 Å². The first-order valence-corrected chi connectivity index (χ1v) is 7.67. The van der Waals surface area contributed by atoms with Crippen LogP contribution in [0.4, 0.5) is 0 Å². The molecule has 2 rings (SSSR count). The predicted octanol–water partition coefficient (Wildman–Crippen LogP) is 3.63. The van der Waals surface area contributed by atoms with Crippen molar-refractivity contribution in [2.75, 3.05) is 0 Å². The number of amides is 1. The molecule has 0 bridgehead atoms. The zero-order valence-electron chi connectivity index (χ0n) is 10.8. The van der Waals surface area contributed by atoms with E-state index in [9.17, 15) is 4.79 Å². The zero-order chi connectivity index (χ0) is 13.8. The number of hydrogen-bond acceptors (Lipinski definition) is 3. The summed E-state index contributed by atoms with van der Waals surface area (Å²) in [4.78, 5) is 16.2. The average Bonchev–Trinajstić information content (AvgIpc) is 2.74. The maximum Gasteiger partial charge on any atom is 0.226 e. The lowest BCUT2D eigenvalue weighted by Gasteiger charge is -2.14. The third-order valence-corrected chi connectivity index (χ3v) is 4.05. The SMILES string of the molecule is Cc1nc(CC(=O)NC(C)c2cccc(Br)c2)cs1. The minimum atomic E-state index is -0.00951. The molecule has 100 valence electrons. The summed E-state index contributed by atoms with van der Waals surface area (Å²) in [6.45, 7) is 3.92. The van der Waals surface area contributed by atoms with Gasteiger partial charge in [0.1, 0.15) is 0 Å². The molecule has 0 aliphatic rings. The Morgan fingerprint density at radius 1 is 1.53 bits per heavy atom. The topological polar surface area (TPSA) is 42.0 Å². The summed E-state index contributed by atoms with van der Waals surface area (Å²) in [7, 11) is 0. The van der Waals surface area contributed by atoms with Crippen molar-refractivity contribution in [1.82, 2.24) is 10.3 Å². The van der Waals surface area contributed by atoms with Crippen molar-refractivity contribution in [3.63, 3.8) is 0 Å². The van der Waals surface area contributed by atoms with Crippen LogP contribution in [0, 0.1) is 6.92 Å². The van der Waals surface area contributed by atoms with Gasteiger partial charge in [0, 0.05) is 9.85 Å². The molecule has 1 amide bonds. The van der Waals surface area contributed by atoms with Gasteiger partial charge in [-0.25, -0.2) is 4.98 Å². The highest BCUT2D eigenvalue weighted by Gasteiger charge is 2.11. The van der Waals surface area contributed by atoms with E-state index in [4.69, 9.17) is 0 Å². The molecule has 0 saturated heterocycles. The van der Waals surface area contributed by atoms with E-state index in [1.54, 1.807) is 11.3 Å². The summed E-state index contributed by atoms with van der Waals surface area (Å²) in [5, 5.41) is 5.90. The monoisotopic (exact) mass is 338 g/mol. The van der Waals surface area contributed by atoms with Crippen molar-refractivity contribution in [2.24, 2.45) is 0 Å². The van der Waals surface area contributed by atoms with Gasteiger partial charge in [-0.2, -0.15) is 0 Å². The van der Waals surface area contributed by atoms with Crippen molar-refractivity contribution in [2.45, 2.75) is 26.3 Å². The van der Waals surface area contributed by atoms with E-state index in [1.165, 1.54) is 0 Å². The van der Waals surface area contributed by atoms with Crippen molar-refractivity contribution in [3.05, 3.63) is 50.4 Å². The Bertz CT molecular complexity index is 582. The normalized spacial score (nSPS) is 12.2. The number of carbonyl (C=O) groups excluding carboxylic acids is 1. The lowest BCUT2D eigenvalue weighted by atomic mass is 10.1. The van der Waals surface area contributed by atoms with E-state index in [1.807, 2.05) is 43.5 Å². The minimum absolute atomic E-state index is 0.00206. The van der Waals surface area contributed by atoms with E-state index in [0.717, 1.165) is 20.7 Å². The van der Waals surface area contributed by atoms with Gasteiger partial charge in [0.25, 0.3) is 0 Å². The Hall–Kier alpha value is -1.20. The Morgan fingerprint density at radius 3 is 2.95 bits per heavy atom. The number of benzene rings is 1. The number of thiazole rings is 1. The second-order valence-electron chi connectivity index (χ2n) is 4.38. The molecule has 1 unspecified atom stereocenters. The molecule has 1 aromatic heterocycles. The molecular formula is C14H15BrN2OS. The van der Waals surface area contributed by atoms with Crippen molar-refractivity contribution in [1.29, 1.82) is 0 Å². The first-order valence-electron chi connectivity index (χ1n) is 6.00. The summed E-state index contributed by atoms with van der Waals surface area (Å²) in [6, 6.07) is 7.94. The Balaban J connectivity index is 1.95. The van der Waals surface area contributed by atoms with Crippen LogP contribution in [0.3, 0.4) is 0 Å². The zero-order valence-corrected chi connectivity index (χ0v) is 13.2. The summed E-state index contributed by atoms with van der Waals surface area (Å²) >= 11 is 5.00. The maximum atomic E-state index is 11.9. The van der Waals surface area contributed by atoms with Gasteiger partial charge in [-0.1, -0.05) is 28.1 Å². The molecule has 0 aliphatic heterocycles. The van der Waals surface area contributed by atoms with Crippen LogP contribution in [0.15, 0.2) is 34.1 Å². The van der Waals surface area contributed by atoms with Crippen molar-refractivity contribution in [3.8, 4) is 0 Å². The number of aromatic nitrogens is 1. The molecule has 3 nitrogen and oxygen atoms in total. The Morgan fingerprint density at radius 2 is 2.32 bits per heavy atom. The fourth-order valence-electron chi connectivity index (χ4n) is 1.81. The van der Waals surface area contributed by atoms with Crippen molar-refractivity contribution < 1.29 is 4.79 Å². The lowest BCUT2D eigenvalue weighted by molar-refractivity contribution is -0.121. The summed E-state index contributed by atoms with van der Waals surface area (Å²) < 4.78 is 1.02. The van der Waals surface area contributed by atoms with Gasteiger partial charge in [0.2, 0.25) is 5.91 Å². The summed E-state index contributed by atoms with van der Waals surface area (Å²) in [5.41, 5.74) is 1.92. The molecule has 1 heterocycles. The fourth-order valence-corrected chi connectivity index (χ4v) is 2.84. The van der Waals surface area contributed by atoms with Gasteiger partial charge in [0.15, 0.2) is 0 Å². The first kappa shape index (κ1) is 14.2. The molecule has 0 spiro atoms. The fraction of sp³-hybridized carbons (Fsp3) is 0.286. The molecule has 1 aromatic carbocycles. The van der Waals surface area contributed by atoms with E-state index < -0.39 is 0 Å². The highest BCUT2D eigenvalue weighted by atomic mass is 79.9. The van der Waals surface area contributed by atoms with Gasteiger partial charge in [-0.15, -0.1) is 11.3 Å². The number of nitrogens with one attached hydrogen (secondary N) is 1. The lowest BCUT2D eigenvalue weighted by Crippen LogP contribution is -2.28. The molecule has 0 fully saturated rings. The summed E-state index contributed by atoms with van der Waals surface area (Å²) in [6.07, 6.45) is 0.336. The van der Waals surface area contributed by atoms with Gasteiger partial charge in [-0.3, -0.25) is 4.79 Å². The second kappa shape index (κ2) is 6.30. The highest BCUT2D eigenvalue weighted by Crippen LogP contribution is 2.18. The van der Waals surface area contributed by atoms with Crippen LogP contribution >= 0.6 is 27.3 Å². The van der Waals surface area contributed by atoms with Crippen LogP contribution in [0.5, 0.6) is 0 Å². The van der Waals surface area contributed by atoms with Crippen LogP contribution in [0.1, 0.15) is 29.2 Å². The second-order valence-corrected chi connectivity index (χ2v) is 6.36. The van der Waals surface area contributed by atoms with E-state index >= 15 is 0 Å². The van der Waals surface area contributed by atoms with Gasteiger partial charge in [-0.05, 0) is 31.5 Å². The minimum Gasteiger partial charge on any atom is -0.349 e. The number of hydrogen-bond donors (Lipinski definition) is 1. The van der Waals surface area contributed by atoms with E-state index in [-0.39, 0.29) is 11.9 Å². The van der Waals surface area contributed by atoms with Crippen LogP contribution in [-0.4, -0.2) is 10.9 Å². The van der Waals surface area contributed by atoms with Crippen LogP contribution in [0.25, 0.3) is 0 Å². The largest absolute Gasteiger partial charge is 0.349 e. The van der Waals surface area contributed by atoms with Gasteiger partial charge < -0.3 is 5.32 Å². The Labute approximate surface area is 125 Å². The highest BCUT2D eigenvalue weighted by molar-refractivity contribution is 9.10. The number of halogens is 1. The molecule has 5 heteroatoms. The third-order valence-electron chi connectivity index (χ3n) is 2.73.